The van der Waals surface area contributed by atoms with E-state index in [1.54, 1.807) is 0 Å². The standard InChI is InChI=1S/C17H19NOS.C4H4O4/c1-18-10-11-20-17-12-13-6-2-4-8-15(13)19-16-9-5-3-7-14(16)17;5-3(6)1-2-4(7)8/h2-9,17-18H,10-12H2,1H3;1-2H,(H,5,6)(H,7,8)/b;2-1-. The van der Waals surface area contributed by atoms with Crippen molar-refractivity contribution in [2.24, 2.45) is 0 Å². The molecule has 148 valence electrons. The molecule has 7 heteroatoms. The molecule has 1 unspecified atom stereocenters. The van der Waals surface area contributed by atoms with Gasteiger partial charge in [-0.3, -0.25) is 0 Å². The number of rotatable bonds is 6. The van der Waals surface area contributed by atoms with Crippen molar-refractivity contribution in [1.82, 2.24) is 5.32 Å². The summed E-state index contributed by atoms with van der Waals surface area (Å²) >= 11 is 2.00. The summed E-state index contributed by atoms with van der Waals surface area (Å²) in [5.41, 5.74) is 2.61. The molecule has 3 rings (SSSR count). The van der Waals surface area contributed by atoms with Crippen molar-refractivity contribution < 1.29 is 24.5 Å². The highest BCUT2D eigenvalue weighted by molar-refractivity contribution is 7.99. The zero-order valence-electron chi connectivity index (χ0n) is 15.5. The fourth-order valence-corrected chi connectivity index (χ4v) is 3.91. The molecule has 2 aromatic rings. The minimum atomic E-state index is -1.26. The molecule has 0 fully saturated rings. The number of fused-ring (bicyclic) bond motifs is 2. The zero-order chi connectivity index (χ0) is 20.4. The van der Waals surface area contributed by atoms with E-state index < -0.39 is 11.9 Å². The molecule has 1 aliphatic heterocycles. The highest BCUT2D eigenvalue weighted by atomic mass is 32.2. The molecule has 0 bridgehead atoms. The molecule has 6 nitrogen and oxygen atoms in total. The van der Waals surface area contributed by atoms with Gasteiger partial charge in [-0.25, -0.2) is 9.59 Å². The second-order valence-corrected chi connectivity index (χ2v) is 7.24. The molecule has 1 heterocycles. The van der Waals surface area contributed by atoms with E-state index in [9.17, 15) is 9.59 Å². The molecule has 0 radical (unpaired) electrons. The van der Waals surface area contributed by atoms with E-state index in [1.807, 2.05) is 30.9 Å². The number of nitrogens with one attached hydrogen (secondary N) is 1. The largest absolute Gasteiger partial charge is 0.478 e. The van der Waals surface area contributed by atoms with Crippen LogP contribution in [0.5, 0.6) is 11.5 Å². The van der Waals surface area contributed by atoms with Crippen molar-refractivity contribution in [2.75, 3.05) is 19.3 Å². The molecule has 0 aromatic heterocycles. The van der Waals surface area contributed by atoms with Gasteiger partial charge in [0.25, 0.3) is 0 Å². The van der Waals surface area contributed by atoms with Crippen LogP contribution in [0.15, 0.2) is 60.7 Å². The van der Waals surface area contributed by atoms with Crippen molar-refractivity contribution >= 4 is 23.7 Å². The van der Waals surface area contributed by atoms with Crippen molar-refractivity contribution in [2.45, 2.75) is 11.7 Å². The lowest BCUT2D eigenvalue weighted by molar-refractivity contribution is -0.134. The van der Waals surface area contributed by atoms with Gasteiger partial charge in [0.05, 0.1) is 0 Å². The van der Waals surface area contributed by atoms with Crippen LogP contribution in [0.1, 0.15) is 16.4 Å². The average Bonchev–Trinajstić information content (AvgIpc) is 2.84. The first-order valence-corrected chi connectivity index (χ1v) is 9.81. The molecule has 0 amide bonds. The van der Waals surface area contributed by atoms with Gasteiger partial charge in [0.2, 0.25) is 0 Å². The van der Waals surface area contributed by atoms with Gasteiger partial charge in [0.15, 0.2) is 0 Å². The maximum Gasteiger partial charge on any atom is 0.328 e. The Balaban J connectivity index is 0.000000300. The molecular weight excluding hydrogens is 378 g/mol. The minimum Gasteiger partial charge on any atom is -0.478 e. The Bertz CT molecular complexity index is 821. The Morgan fingerprint density at radius 3 is 2.32 bits per heavy atom. The number of thioether (sulfide) groups is 1. The molecule has 28 heavy (non-hydrogen) atoms. The average molecular weight is 401 g/mol. The smallest absolute Gasteiger partial charge is 0.328 e. The van der Waals surface area contributed by atoms with Gasteiger partial charge >= 0.3 is 11.9 Å². The quantitative estimate of drug-likeness (QED) is 0.501. The number of ether oxygens (including phenoxy) is 1. The van der Waals surface area contributed by atoms with Gasteiger partial charge in [-0.05, 0) is 31.2 Å². The van der Waals surface area contributed by atoms with E-state index >= 15 is 0 Å². The molecule has 3 N–H and O–H groups in total. The SMILES string of the molecule is CNCCSC1Cc2ccccc2Oc2ccccc21.O=C(O)/C=C\C(=O)O. The Labute approximate surface area is 168 Å². The van der Waals surface area contributed by atoms with E-state index in [-0.39, 0.29) is 0 Å². The maximum absolute atomic E-state index is 9.55. The maximum atomic E-state index is 9.55. The number of para-hydroxylation sites is 2. The molecule has 0 aliphatic carbocycles. The topological polar surface area (TPSA) is 95.9 Å². The number of carbonyl (C=O) groups is 2. The molecule has 2 aromatic carbocycles. The van der Waals surface area contributed by atoms with E-state index in [0.29, 0.717) is 17.4 Å². The predicted molar refractivity (Wildman–Crippen MR) is 110 cm³/mol. The fourth-order valence-electron chi connectivity index (χ4n) is 2.63. The van der Waals surface area contributed by atoms with Gasteiger partial charge in [0, 0.05) is 35.3 Å². The first-order chi connectivity index (χ1) is 13.5. The summed E-state index contributed by atoms with van der Waals surface area (Å²) in [6.45, 7) is 1.03. The molecule has 1 atom stereocenters. The second-order valence-electron chi connectivity index (χ2n) is 5.92. The third-order valence-corrected chi connectivity index (χ3v) is 5.17. The third kappa shape index (κ3) is 6.75. The van der Waals surface area contributed by atoms with E-state index in [2.05, 4.69) is 41.7 Å². The number of hydrogen-bond acceptors (Lipinski definition) is 5. The van der Waals surface area contributed by atoms with Crippen molar-refractivity contribution in [3.8, 4) is 11.5 Å². The highest BCUT2D eigenvalue weighted by Crippen LogP contribution is 2.43. The lowest BCUT2D eigenvalue weighted by atomic mass is 10.0. The lowest BCUT2D eigenvalue weighted by Gasteiger charge is -2.16. The van der Waals surface area contributed by atoms with E-state index in [1.165, 1.54) is 11.1 Å². The summed E-state index contributed by atoms with van der Waals surface area (Å²) in [6, 6.07) is 16.8. The normalized spacial score (nSPS) is 14.7. The van der Waals surface area contributed by atoms with E-state index in [0.717, 1.165) is 30.2 Å². The molecular formula is C21H23NO5S. The third-order valence-electron chi connectivity index (χ3n) is 3.90. The minimum absolute atomic E-state index is 0.461. The summed E-state index contributed by atoms with van der Waals surface area (Å²) in [6.07, 6.45) is 2.15. The van der Waals surface area contributed by atoms with Crippen LogP contribution >= 0.6 is 11.8 Å². The predicted octanol–water partition coefficient (Wildman–Crippen LogP) is 3.74. The molecule has 1 aliphatic rings. The van der Waals surface area contributed by atoms with Crippen LogP contribution in [0.25, 0.3) is 0 Å². The monoisotopic (exact) mass is 401 g/mol. The second kappa shape index (κ2) is 11.2. The summed E-state index contributed by atoms with van der Waals surface area (Å²) in [4.78, 5) is 19.1. The van der Waals surface area contributed by atoms with Crippen LogP contribution in [0.4, 0.5) is 0 Å². The Morgan fingerprint density at radius 1 is 1.07 bits per heavy atom. The van der Waals surface area contributed by atoms with Crippen LogP contribution in [-0.4, -0.2) is 41.5 Å². The van der Waals surface area contributed by atoms with E-state index in [4.69, 9.17) is 14.9 Å². The summed E-state index contributed by atoms with van der Waals surface area (Å²) in [5.74, 6) is 0.591. The van der Waals surface area contributed by atoms with Gasteiger partial charge in [-0.2, -0.15) is 11.8 Å². The van der Waals surface area contributed by atoms with Crippen LogP contribution in [0, 0.1) is 0 Å². The number of carboxylic acid groups (broad SMARTS) is 2. The van der Waals surface area contributed by atoms with Gasteiger partial charge in [0.1, 0.15) is 11.5 Å². The first-order valence-electron chi connectivity index (χ1n) is 8.76. The van der Waals surface area contributed by atoms with Crippen LogP contribution in [-0.2, 0) is 16.0 Å². The Kier molecular flexibility index (Phi) is 8.58. The van der Waals surface area contributed by atoms with Gasteiger partial charge in [-0.1, -0.05) is 36.4 Å². The van der Waals surface area contributed by atoms with Crippen LogP contribution < -0.4 is 10.1 Å². The summed E-state index contributed by atoms with van der Waals surface area (Å²) in [5, 5.41) is 19.3. The number of benzene rings is 2. The Hall–Kier alpha value is -2.77. The molecule has 0 saturated carbocycles. The summed E-state index contributed by atoms with van der Waals surface area (Å²) in [7, 11) is 2.00. The number of aliphatic carboxylic acids is 2. The fraction of sp³-hybridized carbons (Fsp3) is 0.238. The zero-order valence-corrected chi connectivity index (χ0v) is 16.3. The Morgan fingerprint density at radius 2 is 1.68 bits per heavy atom. The van der Waals surface area contributed by atoms with Gasteiger partial charge in [-0.15, -0.1) is 0 Å². The summed E-state index contributed by atoms with van der Waals surface area (Å²) < 4.78 is 6.11. The number of carboxylic acids is 2. The van der Waals surface area contributed by atoms with Crippen LogP contribution in [0.3, 0.4) is 0 Å². The van der Waals surface area contributed by atoms with Gasteiger partial charge < -0.3 is 20.3 Å². The highest BCUT2D eigenvalue weighted by Gasteiger charge is 2.23. The van der Waals surface area contributed by atoms with Crippen molar-refractivity contribution in [3.05, 3.63) is 71.8 Å². The van der Waals surface area contributed by atoms with Crippen LogP contribution in [0.2, 0.25) is 0 Å². The van der Waals surface area contributed by atoms with Crippen molar-refractivity contribution in [1.29, 1.82) is 0 Å². The molecule has 0 spiro atoms. The first kappa shape index (κ1) is 21.5. The van der Waals surface area contributed by atoms with Crippen molar-refractivity contribution in [3.63, 3.8) is 0 Å². The lowest BCUT2D eigenvalue weighted by Crippen LogP contribution is -2.11. The molecule has 0 saturated heterocycles. The number of hydrogen-bond donors (Lipinski definition) is 3.